The van der Waals surface area contributed by atoms with Crippen molar-refractivity contribution in [1.29, 1.82) is 0 Å². The Kier molecular flexibility index (Phi) is 6.13. The van der Waals surface area contributed by atoms with Crippen LogP contribution in [0.3, 0.4) is 0 Å². The smallest absolute Gasteiger partial charge is 0.303 e. The number of allylic oxidation sites excluding steroid dienone is 4. The molecule has 0 saturated heterocycles. The van der Waals surface area contributed by atoms with Crippen LogP contribution in [-0.2, 0) is 4.79 Å². The zero-order valence-electron chi connectivity index (χ0n) is 13.0. The van der Waals surface area contributed by atoms with Crippen molar-refractivity contribution in [2.45, 2.75) is 12.8 Å². The van der Waals surface area contributed by atoms with Crippen molar-refractivity contribution < 1.29 is 9.90 Å². The van der Waals surface area contributed by atoms with E-state index in [1.807, 2.05) is 72.8 Å². The minimum atomic E-state index is -0.796. The van der Waals surface area contributed by atoms with Gasteiger partial charge in [0.05, 0.1) is 0 Å². The van der Waals surface area contributed by atoms with Crippen LogP contribution in [0.25, 0.3) is 5.57 Å². The molecule has 116 valence electrons. The van der Waals surface area contributed by atoms with Gasteiger partial charge in [0.1, 0.15) is 0 Å². The quantitative estimate of drug-likeness (QED) is 0.723. The Hall–Kier alpha value is -2.87. The largest absolute Gasteiger partial charge is 0.481 e. The minimum absolute atomic E-state index is 0.0972. The lowest BCUT2D eigenvalue weighted by Crippen LogP contribution is -1.98. The van der Waals surface area contributed by atoms with Gasteiger partial charge in [-0.1, -0.05) is 85.5 Å². The maximum absolute atomic E-state index is 11.0. The fourth-order valence-electron chi connectivity index (χ4n) is 2.46. The average Bonchev–Trinajstić information content (AvgIpc) is 2.59. The second kappa shape index (κ2) is 8.54. The Bertz CT molecular complexity index is 669. The van der Waals surface area contributed by atoms with Gasteiger partial charge in [-0.05, 0) is 28.7 Å². The van der Waals surface area contributed by atoms with Gasteiger partial charge in [-0.2, -0.15) is 0 Å². The van der Waals surface area contributed by atoms with Crippen LogP contribution in [0, 0.1) is 0 Å². The Labute approximate surface area is 137 Å². The van der Waals surface area contributed by atoms with E-state index in [1.165, 1.54) is 0 Å². The molecule has 0 radical (unpaired) electrons. The number of carbonyl (C=O) groups is 1. The molecule has 0 aliphatic rings. The van der Waals surface area contributed by atoms with Crippen LogP contribution in [0.5, 0.6) is 0 Å². The standard InChI is InChI=1S/C21H20O2/c1-2-3-10-19(15-16-20(22)23)21(17-11-6-4-7-12-17)18-13-8-5-9-14-18/h2-14H,1,15-16H2,(H,22,23). The second-order valence-electron chi connectivity index (χ2n) is 5.12. The fourth-order valence-corrected chi connectivity index (χ4v) is 2.46. The molecule has 1 N–H and O–H groups in total. The second-order valence-corrected chi connectivity index (χ2v) is 5.12. The highest BCUT2D eigenvalue weighted by molar-refractivity contribution is 5.84. The first kappa shape index (κ1) is 16.5. The molecule has 0 amide bonds. The maximum atomic E-state index is 11.0. The van der Waals surface area contributed by atoms with Gasteiger partial charge >= 0.3 is 5.97 Å². The Morgan fingerprint density at radius 3 is 1.87 bits per heavy atom. The third kappa shape index (κ3) is 4.82. The lowest BCUT2D eigenvalue weighted by atomic mass is 9.90. The van der Waals surface area contributed by atoms with E-state index in [1.54, 1.807) is 6.08 Å². The highest BCUT2D eigenvalue weighted by atomic mass is 16.4. The Morgan fingerprint density at radius 1 is 0.913 bits per heavy atom. The van der Waals surface area contributed by atoms with Crippen molar-refractivity contribution in [2.24, 2.45) is 0 Å². The molecule has 2 nitrogen and oxygen atoms in total. The molecule has 0 aliphatic carbocycles. The van der Waals surface area contributed by atoms with Gasteiger partial charge in [0.15, 0.2) is 0 Å². The molecular formula is C21H20O2. The molecule has 2 rings (SSSR count). The number of carboxylic acids is 1. The van der Waals surface area contributed by atoms with E-state index in [9.17, 15) is 4.79 Å². The zero-order valence-corrected chi connectivity index (χ0v) is 13.0. The highest BCUT2D eigenvalue weighted by Crippen LogP contribution is 2.29. The number of benzene rings is 2. The summed E-state index contributed by atoms with van der Waals surface area (Å²) < 4.78 is 0. The lowest BCUT2D eigenvalue weighted by molar-refractivity contribution is -0.136. The number of hydrogen-bond donors (Lipinski definition) is 1. The molecule has 2 heteroatoms. The third-order valence-corrected chi connectivity index (χ3v) is 3.49. The summed E-state index contributed by atoms with van der Waals surface area (Å²) in [5.41, 5.74) is 4.20. The van der Waals surface area contributed by atoms with Crippen LogP contribution >= 0.6 is 0 Å². The molecule has 2 aromatic carbocycles. The van der Waals surface area contributed by atoms with Crippen molar-refractivity contribution >= 4 is 11.5 Å². The summed E-state index contributed by atoms with van der Waals surface area (Å²) in [7, 11) is 0. The molecule has 0 heterocycles. The van der Waals surface area contributed by atoms with E-state index in [0.717, 1.165) is 22.3 Å². The van der Waals surface area contributed by atoms with Crippen molar-refractivity contribution in [3.63, 3.8) is 0 Å². The maximum Gasteiger partial charge on any atom is 0.303 e. The summed E-state index contributed by atoms with van der Waals surface area (Å²) in [5, 5.41) is 9.04. The van der Waals surface area contributed by atoms with Crippen LogP contribution < -0.4 is 0 Å². The minimum Gasteiger partial charge on any atom is -0.481 e. The van der Waals surface area contributed by atoms with E-state index in [2.05, 4.69) is 6.58 Å². The van der Waals surface area contributed by atoms with E-state index in [-0.39, 0.29) is 6.42 Å². The summed E-state index contributed by atoms with van der Waals surface area (Å²) in [6, 6.07) is 20.1. The van der Waals surface area contributed by atoms with E-state index in [4.69, 9.17) is 5.11 Å². The number of hydrogen-bond acceptors (Lipinski definition) is 1. The molecular weight excluding hydrogens is 284 g/mol. The van der Waals surface area contributed by atoms with E-state index in [0.29, 0.717) is 6.42 Å². The molecule has 0 atom stereocenters. The first-order chi connectivity index (χ1) is 11.2. The van der Waals surface area contributed by atoms with Gasteiger partial charge < -0.3 is 5.11 Å². The van der Waals surface area contributed by atoms with Crippen LogP contribution in [0.1, 0.15) is 24.0 Å². The van der Waals surface area contributed by atoms with Crippen molar-refractivity contribution in [2.75, 3.05) is 0 Å². The van der Waals surface area contributed by atoms with Crippen molar-refractivity contribution in [3.8, 4) is 0 Å². The SMILES string of the molecule is C=CC=CC(CCC(=O)O)=C(c1ccccc1)c1ccccc1. The predicted octanol–water partition coefficient (Wildman–Crippen LogP) is 5.10. The molecule has 0 saturated carbocycles. The zero-order chi connectivity index (χ0) is 16.5. The molecule has 0 spiro atoms. The molecule has 0 fully saturated rings. The topological polar surface area (TPSA) is 37.3 Å². The first-order valence-corrected chi connectivity index (χ1v) is 7.57. The van der Waals surface area contributed by atoms with Crippen LogP contribution in [0.2, 0.25) is 0 Å². The molecule has 2 aromatic rings. The predicted molar refractivity (Wildman–Crippen MR) is 95.1 cm³/mol. The van der Waals surface area contributed by atoms with Crippen LogP contribution in [0.15, 0.2) is 91.0 Å². The molecule has 23 heavy (non-hydrogen) atoms. The monoisotopic (exact) mass is 304 g/mol. The van der Waals surface area contributed by atoms with Gasteiger partial charge in [0, 0.05) is 6.42 Å². The highest BCUT2D eigenvalue weighted by Gasteiger charge is 2.11. The molecule has 0 unspecified atom stereocenters. The summed E-state index contributed by atoms with van der Waals surface area (Å²) in [6.45, 7) is 3.71. The van der Waals surface area contributed by atoms with Gasteiger partial charge in [-0.3, -0.25) is 4.79 Å². The van der Waals surface area contributed by atoms with Gasteiger partial charge in [-0.15, -0.1) is 0 Å². The number of carboxylic acid groups (broad SMARTS) is 1. The van der Waals surface area contributed by atoms with Gasteiger partial charge in [0.25, 0.3) is 0 Å². The van der Waals surface area contributed by atoms with Gasteiger partial charge in [-0.25, -0.2) is 0 Å². The van der Waals surface area contributed by atoms with Gasteiger partial charge in [0.2, 0.25) is 0 Å². The van der Waals surface area contributed by atoms with Crippen LogP contribution in [0.4, 0.5) is 0 Å². The van der Waals surface area contributed by atoms with E-state index < -0.39 is 5.97 Å². The molecule has 0 aromatic heterocycles. The number of aliphatic carboxylic acids is 1. The summed E-state index contributed by atoms with van der Waals surface area (Å²) in [4.78, 5) is 11.0. The summed E-state index contributed by atoms with van der Waals surface area (Å²) in [5.74, 6) is -0.796. The summed E-state index contributed by atoms with van der Waals surface area (Å²) >= 11 is 0. The fraction of sp³-hybridized carbons (Fsp3) is 0.0952. The molecule has 0 bridgehead atoms. The molecule has 0 aliphatic heterocycles. The number of rotatable bonds is 7. The third-order valence-electron chi connectivity index (χ3n) is 3.49. The van der Waals surface area contributed by atoms with Crippen molar-refractivity contribution in [1.82, 2.24) is 0 Å². The van der Waals surface area contributed by atoms with Crippen LogP contribution in [-0.4, -0.2) is 11.1 Å². The van der Waals surface area contributed by atoms with Crippen molar-refractivity contribution in [3.05, 3.63) is 102 Å². The lowest BCUT2D eigenvalue weighted by Gasteiger charge is -2.14. The Morgan fingerprint density at radius 2 is 1.43 bits per heavy atom. The Balaban J connectivity index is 2.60. The normalized spacial score (nSPS) is 10.4. The van der Waals surface area contributed by atoms with E-state index >= 15 is 0 Å². The summed E-state index contributed by atoms with van der Waals surface area (Å²) in [6.07, 6.45) is 6.07. The first-order valence-electron chi connectivity index (χ1n) is 7.57. The average molecular weight is 304 g/mol.